The number of benzene rings is 1. The summed E-state index contributed by atoms with van der Waals surface area (Å²) >= 11 is 5.45. The van der Waals surface area contributed by atoms with Crippen molar-refractivity contribution in [3.8, 4) is 0 Å². The zero-order valence-corrected chi connectivity index (χ0v) is 10.3. The van der Waals surface area contributed by atoms with Crippen LogP contribution in [0.15, 0.2) is 24.3 Å². The maximum atomic E-state index is 12.6. The Morgan fingerprint density at radius 3 is 2.50 bits per heavy atom. The van der Waals surface area contributed by atoms with Crippen LogP contribution in [0.4, 0.5) is 18.9 Å². The van der Waals surface area contributed by atoms with Crippen molar-refractivity contribution >= 4 is 23.2 Å². The van der Waals surface area contributed by atoms with Crippen molar-refractivity contribution in [2.24, 2.45) is 0 Å². The SMILES string of the molecule is O=C(CCCCCl)Nc1ccccc1C(F)(F)F. The van der Waals surface area contributed by atoms with Crippen molar-refractivity contribution in [3.05, 3.63) is 29.8 Å². The highest BCUT2D eigenvalue weighted by Gasteiger charge is 2.33. The summed E-state index contributed by atoms with van der Waals surface area (Å²) in [4.78, 5) is 11.4. The van der Waals surface area contributed by atoms with Crippen LogP contribution in [0.25, 0.3) is 0 Å². The standard InChI is InChI=1S/C12H13ClF3NO/c13-8-4-3-7-11(18)17-10-6-2-1-5-9(10)12(14,15)16/h1-2,5-6H,3-4,7-8H2,(H,17,18). The molecule has 0 fully saturated rings. The monoisotopic (exact) mass is 279 g/mol. The molecule has 1 rings (SSSR count). The number of anilines is 1. The molecule has 1 N–H and O–H groups in total. The molecule has 0 saturated carbocycles. The lowest BCUT2D eigenvalue weighted by Crippen LogP contribution is -2.16. The molecule has 0 spiro atoms. The molecule has 100 valence electrons. The molecule has 0 atom stereocenters. The number of hydrogen-bond acceptors (Lipinski definition) is 1. The smallest absolute Gasteiger partial charge is 0.326 e. The van der Waals surface area contributed by atoms with Gasteiger partial charge in [-0.3, -0.25) is 4.79 Å². The maximum Gasteiger partial charge on any atom is 0.418 e. The van der Waals surface area contributed by atoms with E-state index in [2.05, 4.69) is 5.32 Å². The third kappa shape index (κ3) is 4.56. The average molecular weight is 280 g/mol. The summed E-state index contributed by atoms with van der Waals surface area (Å²) in [5.41, 5.74) is -1.04. The molecule has 0 unspecified atom stereocenters. The van der Waals surface area contributed by atoms with E-state index in [4.69, 9.17) is 11.6 Å². The fourth-order valence-electron chi connectivity index (χ4n) is 1.43. The van der Waals surface area contributed by atoms with Crippen molar-refractivity contribution in [3.63, 3.8) is 0 Å². The Balaban J connectivity index is 2.70. The minimum atomic E-state index is -4.47. The van der Waals surface area contributed by atoms with E-state index in [9.17, 15) is 18.0 Å². The zero-order valence-electron chi connectivity index (χ0n) is 9.56. The number of carbonyl (C=O) groups is 1. The molecule has 0 aromatic heterocycles. The van der Waals surface area contributed by atoms with Crippen LogP contribution in [-0.4, -0.2) is 11.8 Å². The molecule has 0 heterocycles. The Kier molecular flexibility index (Phi) is 5.47. The van der Waals surface area contributed by atoms with Gasteiger partial charge in [0.05, 0.1) is 11.3 Å². The molecule has 18 heavy (non-hydrogen) atoms. The van der Waals surface area contributed by atoms with Gasteiger partial charge in [-0.15, -0.1) is 11.6 Å². The minimum Gasteiger partial charge on any atom is -0.326 e. The molecule has 0 saturated heterocycles. The van der Waals surface area contributed by atoms with Gasteiger partial charge < -0.3 is 5.32 Å². The van der Waals surface area contributed by atoms with Crippen LogP contribution in [0.1, 0.15) is 24.8 Å². The van der Waals surface area contributed by atoms with E-state index in [1.54, 1.807) is 0 Å². The van der Waals surface area contributed by atoms with Crippen LogP contribution in [0.5, 0.6) is 0 Å². The summed E-state index contributed by atoms with van der Waals surface area (Å²) in [5.74, 6) is 0.00342. The van der Waals surface area contributed by atoms with Gasteiger partial charge in [-0.05, 0) is 25.0 Å². The number of halogens is 4. The Hall–Kier alpha value is -1.23. The van der Waals surface area contributed by atoms with E-state index < -0.39 is 17.6 Å². The molecule has 1 aromatic rings. The molecule has 0 aliphatic heterocycles. The second-order valence-corrected chi connectivity index (χ2v) is 4.12. The van der Waals surface area contributed by atoms with Gasteiger partial charge in [0, 0.05) is 12.3 Å². The van der Waals surface area contributed by atoms with Gasteiger partial charge in [0.25, 0.3) is 0 Å². The maximum absolute atomic E-state index is 12.6. The number of hydrogen-bond donors (Lipinski definition) is 1. The molecule has 1 amide bonds. The first-order valence-corrected chi connectivity index (χ1v) is 6.00. The quantitative estimate of drug-likeness (QED) is 0.639. The lowest BCUT2D eigenvalue weighted by atomic mass is 10.1. The predicted octanol–water partition coefficient (Wildman–Crippen LogP) is 4.05. The number of amides is 1. The van der Waals surface area contributed by atoms with E-state index in [1.807, 2.05) is 0 Å². The predicted molar refractivity (Wildman–Crippen MR) is 64.6 cm³/mol. The van der Waals surface area contributed by atoms with Gasteiger partial charge in [-0.25, -0.2) is 0 Å². The normalized spacial score (nSPS) is 11.3. The Labute approximate surface area is 108 Å². The number of carbonyl (C=O) groups excluding carboxylic acids is 1. The third-order valence-electron chi connectivity index (χ3n) is 2.29. The van der Waals surface area contributed by atoms with Gasteiger partial charge in [0.2, 0.25) is 5.91 Å². The molecule has 2 nitrogen and oxygen atoms in total. The van der Waals surface area contributed by atoms with Crippen LogP contribution < -0.4 is 5.32 Å². The van der Waals surface area contributed by atoms with Gasteiger partial charge in [-0.1, -0.05) is 12.1 Å². The molecule has 0 bridgehead atoms. The van der Waals surface area contributed by atoms with Gasteiger partial charge >= 0.3 is 6.18 Å². The van der Waals surface area contributed by atoms with Crippen LogP contribution in [-0.2, 0) is 11.0 Å². The van der Waals surface area contributed by atoms with E-state index in [0.29, 0.717) is 18.7 Å². The van der Waals surface area contributed by atoms with Crippen LogP contribution in [0.3, 0.4) is 0 Å². The Morgan fingerprint density at radius 1 is 1.22 bits per heavy atom. The summed E-state index contributed by atoms with van der Waals surface area (Å²) in [6.07, 6.45) is -3.08. The average Bonchev–Trinajstić information content (AvgIpc) is 2.28. The van der Waals surface area contributed by atoms with Crippen molar-refractivity contribution in [1.82, 2.24) is 0 Å². The molecule has 0 aliphatic carbocycles. The van der Waals surface area contributed by atoms with E-state index in [1.165, 1.54) is 18.2 Å². The lowest BCUT2D eigenvalue weighted by molar-refractivity contribution is -0.137. The highest BCUT2D eigenvalue weighted by Crippen LogP contribution is 2.34. The van der Waals surface area contributed by atoms with Crippen LogP contribution in [0, 0.1) is 0 Å². The van der Waals surface area contributed by atoms with Crippen LogP contribution in [0.2, 0.25) is 0 Å². The molecule has 0 radical (unpaired) electrons. The zero-order chi connectivity index (χ0) is 13.6. The first-order chi connectivity index (χ1) is 8.45. The second kappa shape index (κ2) is 6.64. The van der Waals surface area contributed by atoms with Crippen LogP contribution >= 0.6 is 11.6 Å². The fraction of sp³-hybridized carbons (Fsp3) is 0.417. The van der Waals surface area contributed by atoms with Crippen molar-refractivity contribution < 1.29 is 18.0 Å². The minimum absolute atomic E-state index is 0.166. The summed E-state index contributed by atoms with van der Waals surface area (Å²) < 4.78 is 37.9. The lowest BCUT2D eigenvalue weighted by Gasteiger charge is -2.13. The highest BCUT2D eigenvalue weighted by atomic mass is 35.5. The molecular weight excluding hydrogens is 267 g/mol. The largest absolute Gasteiger partial charge is 0.418 e. The number of alkyl halides is 4. The van der Waals surface area contributed by atoms with Crippen molar-refractivity contribution in [2.45, 2.75) is 25.4 Å². The Bertz CT molecular complexity index is 407. The molecule has 6 heteroatoms. The van der Waals surface area contributed by atoms with Gasteiger partial charge in [0.1, 0.15) is 0 Å². The number of nitrogens with one attached hydrogen (secondary N) is 1. The van der Waals surface area contributed by atoms with Crippen molar-refractivity contribution in [2.75, 3.05) is 11.2 Å². The summed E-state index contributed by atoms with van der Waals surface area (Å²) in [7, 11) is 0. The number of unbranched alkanes of at least 4 members (excludes halogenated alkanes) is 1. The van der Waals surface area contributed by atoms with E-state index in [-0.39, 0.29) is 12.1 Å². The van der Waals surface area contributed by atoms with E-state index >= 15 is 0 Å². The summed E-state index contributed by atoms with van der Waals surface area (Å²) in [6, 6.07) is 4.91. The number of rotatable bonds is 5. The van der Waals surface area contributed by atoms with Gasteiger partial charge in [0.15, 0.2) is 0 Å². The second-order valence-electron chi connectivity index (χ2n) is 3.74. The number of para-hydroxylation sites is 1. The highest BCUT2D eigenvalue weighted by molar-refractivity contribution is 6.17. The summed E-state index contributed by atoms with van der Waals surface area (Å²) in [5, 5.41) is 2.27. The molecule has 0 aliphatic rings. The van der Waals surface area contributed by atoms with Gasteiger partial charge in [-0.2, -0.15) is 13.2 Å². The fourth-order valence-corrected chi connectivity index (χ4v) is 1.62. The van der Waals surface area contributed by atoms with Crippen molar-refractivity contribution in [1.29, 1.82) is 0 Å². The Morgan fingerprint density at radius 2 is 1.89 bits per heavy atom. The van der Waals surface area contributed by atoms with E-state index in [0.717, 1.165) is 6.07 Å². The first-order valence-electron chi connectivity index (χ1n) is 5.47. The molecule has 1 aromatic carbocycles. The topological polar surface area (TPSA) is 29.1 Å². The summed E-state index contributed by atoms with van der Waals surface area (Å²) in [6.45, 7) is 0. The molecular formula is C12H13ClF3NO. The third-order valence-corrected chi connectivity index (χ3v) is 2.56. The first kappa shape index (κ1) is 14.8.